The van der Waals surface area contributed by atoms with Crippen molar-refractivity contribution < 1.29 is 8.42 Å². The van der Waals surface area contributed by atoms with Crippen LogP contribution in [0.4, 0.5) is 5.69 Å². The van der Waals surface area contributed by atoms with Gasteiger partial charge in [-0.15, -0.1) is 11.8 Å². The molecule has 4 N–H and O–H groups in total. The summed E-state index contributed by atoms with van der Waals surface area (Å²) in [5.74, 6) is 0.917. The normalized spacial score (nSPS) is 12.0. The first-order valence-electron chi connectivity index (χ1n) is 6.16. The largest absolute Gasteiger partial charge is 0.398 e. The Morgan fingerprint density at radius 2 is 1.89 bits per heavy atom. The van der Waals surface area contributed by atoms with Crippen molar-refractivity contribution in [2.45, 2.75) is 23.6 Å². The molecule has 5 nitrogen and oxygen atoms in total. The molecule has 1 rings (SSSR count). The van der Waals surface area contributed by atoms with E-state index in [1.54, 1.807) is 17.8 Å². The molecule has 0 unspecified atom stereocenters. The highest BCUT2D eigenvalue weighted by Gasteiger charge is 2.10. The SMILES string of the molecule is CCN(CC)CCSc1ccc(S(N)(=O)=O)cc1N. The van der Waals surface area contributed by atoms with E-state index in [0.717, 1.165) is 30.3 Å². The fourth-order valence-corrected chi connectivity index (χ4v) is 3.17. The van der Waals surface area contributed by atoms with Gasteiger partial charge in [0.25, 0.3) is 0 Å². The Kier molecular flexibility index (Phi) is 6.12. The fraction of sp³-hybridized carbons (Fsp3) is 0.500. The summed E-state index contributed by atoms with van der Waals surface area (Å²) in [6.07, 6.45) is 0. The molecule has 0 aliphatic rings. The summed E-state index contributed by atoms with van der Waals surface area (Å²) in [6, 6.07) is 4.61. The van der Waals surface area contributed by atoms with Crippen LogP contribution in [0.5, 0.6) is 0 Å². The van der Waals surface area contributed by atoms with Crippen LogP contribution in [-0.2, 0) is 10.0 Å². The van der Waals surface area contributed by atoms with Crippen molar-refractivity contribution in [3.63, 3.8) is 0 Å². The third-order valence-corrected chi connectivity index (χ3v) is 4.85. The predicted molar refractivity (Wildman–Crippen MR) is 80.7 cm³/mol. The number of nitrogens with zero attached hydrogens (tertiary/aromatic N) is 1. The van der Waals surface area contributed by atoms with Gasteiger partial charge >= 0.3 is 0 Å². The van der Waals surface area contributed by atoms with Gasteiger partial charge in [0.2, 0.25) is 10.0 Å². The molecule has 0 fully saturated rings. The van der Waals surface area contributed by atoms with Crippen molar-refractivity contribution in [3.05, 3.63) is 18.2 Å². The Labute approximate surface area is 119 Å². The number of hydrogen-bond donors (Lipinski definition) is 2. The lowest BCUT2D eigenvalue weighted by molar-refractivity contribution is 0.324. The number of nitrogen functional groups attached to an aromatic ring is 1. The number of anilines is 1. The molecule has 0 spiro atoms. The minimum absolute atomic E-state index is 0.0538. The summed E-state index contributed by atoms with van der Waals surface area (Å²) in [5.41, 5.74) is 6.30. The molecular weight excluding hydrogens is 282 g/mol. The van der Waals surface area contributed by atoms with Crippen LogP contribution >= 0.6 is 11.8 Å². The Bertz CT molecular complexity index is 514. The molecule has 1 aromatic carbocycles. The second-order valence-electron chi connectivity index (χ2n) is 4.12. The first-order chi connectivity index (χ1) is 8.88. The van der Waals surface area contributed by atoms with Gasteiger partial charge in [-0.25, -0.2) is 13.6 Å². The molecule has 0 bridgehead atoms. The number of rotatable bonds is 7. The quantitative estimate of drug-likeness (QED) is 0.586. The van der Waals surface area contributed by atoms with Crippen LogP contribution in [0.2, 0.25) is 0 Å². The molecule has 0 aliphatic carbocycles. The number of primary sulfonamides is 1. The summed E-state index contributed by atoms with van der Waals surface area (Å²) in [7, 11) is -3.68. The first-order valence-corrected chi connectivity index (χ1v) is 8.69. The molecule has 0 aliphatic heterocycles. The highest BCUT2D eigenvalue weighted by molar-refractivity contribution is 7.99. The molecule has 19 heavy (non-hydrogen) atoms. The zero-order chi connectivity index (χ0) is 14.5. The van der Waals surface area contributed by atoms with Crippen LogP contribution in [0.3, 0.4) is 0 Å². The zero-order valence-electron chi connectivity index (χ0n) is 11.3. The number of hydrogen-bond acceptors (Lipinski definition) is 5. The summed E-state index contributed by atoms with van der Waals surface area (Å²) < 4.78 is 22.4. The summed E-state index contributed by atoms with van der Waals surface area (Å²) in [4.78, 5) is 3.26. The number of nitrogens with two attached hydrogens (primary N) is 2. The Hall–Kier alpha value is -0.760. The number of sulfonamides is 1. The second kappa shape index (κ2) is 7.14. The lowest BCUT2D eigenvalue weighted by Crippen LogP contribution is -2.25. The maximum atomic E-state index is 11.2. The van der Waals surface area contributed by atoms with Crippen LogP contribution < -0.4 is 10.9 Å². The van der Waals surface area contributed by atoms with Crippen LogP contribution in [0.15, 0.2) is 28.0 Å². The molecule has 108 valence electrons. The Morgan fingerprint density at radius 1 is 1.26 bits per heavy atom. The minimum Gasteiger partial charge on any atom is -0.398 e. The van der Waals surface area contributed by atoms with Crippen molar-refractivity contribution >= 4 is 27.5 Å². The van der Waals surface area contributed by atoms with E-state index in [1.165, 1.54) is 12.1 Å². The summed E-state index contributed by atoms with van der Waals surface area (Å²) >= 11 is 1.62. The van der Waals surface area contributed by atoms with Gasteiger partial charge in [-0.1, -0.05) is 13.8 Å². The highest BCUT2D eigenvalue weighted by atomic mass is 32.2. The van der Waals surface area contributed by atoms with E-state index >= 15 is 0 Å². The molecule has 1 aromatic rings. The molecule has 0 aromatic heterocycles. The van der Waals surface area contributed by atoms with Crippen molar-refractivity contribution in [3.8, 4) is 0 Å². The lowest BCUT2D eigenvalue weighted by Gasteiger charge is -2.17. The van der Waals surface area contributed by atoms with Gasteiger partial charge in [-0.3, -0.25) is 0 Å². The highest BCUT2D eigenvalue weighted by Crippen LogP contribution is 2.27. The molecule has 0 atom stereocenters. The van der Waals surface area contributed by atoms with E-state index < -0.39 is 10.0 Å². The van der Waals surface area contributed by atoms with E-state index in [-0.39, 0.29) is 4.90 Å². The third-order valence-electron chi connectivity index (χ3n) is 2.87. The molecule has 0 amide bonds. The van der Waals surface area contributed by atoms with Gasteiger partial charge in [0, 0.05) is 22.9 Å². The third kappa shape index (κ3) is 5.02. The van der Waals surface area contributed by atoms with Crippen LogP contribution in [0.1, 0.15) is 13.8 Å². The van der Waals surface area contributed by atoms with Crippen molar-refractivity contribution in [2.24, 2.45) is 5.14 Å². The standard InChI is InChI=1S/C12H21N3O2S2/c1-3-15(4-2)7-8-18-12-6-5-10(9-11(12)13)19(14,16)17/h5-6,9H,3-4,7-8,13H2,1-2H3,(H2,14,16,17). The van der Waals surface area contributed by atoms with Gasteiger partial charge in [0.15, 0.2) is 0 Å². The number of thioether (sulfide) groups is 1. The minimum atomic E-state index is -3.68. The van der Waals surface area contributed by atoms with E-state index in [9.17, 15) is 8.42 Å². The van der Waals surface area contributed by atoms with Crippen LogP contribution in [0.25, 0.3) is 0 Å². The van der Waals surface area contributed by atoms with E-state index in [0.29, 0.717) is 5.69 Å². The number of benzene rings is 1. The maximum absolute atomic E-state index is 11.2. The summed E-state index contributed by atoms with van der Waals surface area (Å²) in [5, 5.41) is 5.05. The van der Waals surface area contributed by atoms with Gasteiger partial charge in [-0.05, 0) is 31.3 Å². The van der Waals surface area contributed by atoms with Gasteiger partial charge in [-0.2, -0.15) is 0 Å². The van der Waals surface area contributed by atoms with Gasteiger partial charge in [0.1, 0.15) is 0 Å². The molecular formula is C12H21N3O2S2. The first kappa shape index (κ1) is 16.3. The second-order valence-corrected chi connectivity index (χ2v) is 6.82. The molecule has 0 saturated heterocycles. The molecule has 0 heterocycles. The van der Waals surface area contributed by atoms with Crippen LogP contribution in [-0.4, -0.2) is 38.7 Å². The Balaban J connectivity index is 2.66. The average Bonchev–Trinajstić information content (AvgIpc) is 2.35. The van der Waals surface area contributed by atoms with E-state index in [1.807, 2.05) is 0 Å². The summed E-state index contributed by atoms with van der Waals surface area (Å²) in [6.45, 7) is 7.29. The van der Waals surface area contributed by atoms with Crippen molar-refractivity contribution in [1.29, 1.82) is 0 Å². The fourth-order valence-electron chi connectivity index (χ4n) is 1.66. The maximum Gasteiger partial charge on any atom is 0.238 e. The lowest BCUT2D eigenvalue weighted by atomic mass is 10.3. The van der Waals surface area contributed by atoms with Crippen molar-refractivity contribution in [1.82, 2.24) is 4.90 Å². The average molecular weight is 303 g/mol. The van der Waals surface area contributed by atoms with Gasteiger partial charge < -0.3 is 10.6 Å². The Morgan fingerprint density at radius 3 is 2.37 bits per heavy atom. The molecule has 0 radical (unpaired) electrons. The predicted octanol–water partition coefficient (Wildman–Crippen LogP) is 1.35. The monoisotopic (exact) mass is 303 g/mol. The smallest absolute Gasteiger partial charge is 0.238 e. The van der Waals surface area contributed by atoms with E-state index in [4.69, 9.17) is 10.9 Å². The zero-order valence-corrected chi connectivity index (χ0v) is 12.9. The molecule has 7 heteroatoms. The van der Waals surface area contributed by atoms with E-state index in [2.05, 4.69) is 18.7 Å². The topological polar surface area (TPSA) is 89.4 Å². The van der Waals surface area contributed by atoms with Crippen LogP contribution in [0, 0.1) is 0 Å². The van der Waals surface area contributed by atoms with Crippen molar-refractivity contribution in [2.75, 3.05) is 31.1 Å². The molecule has 0 saturated carbocycles. The van der Waals surface area contributed by atoms with Gasteiger partial charge in [0.05, 0.1) is 4.90 Å².